The Morgan fingerprint density at radius 2 is 0.754 bits per heavy atom. The van der Waals surface area contributed by atoms with Crippen molar-refractivity contribution in [1.29, 1.82) is 0 Å². The summed E-state index contributed by atoms with van der Waals surface area (Å²) >= 11 is 0. The molecule has 2 heterocycles. The molecule has 2 aliphatic rings. The van der Waals surface area contributed by atoms with Crippen molar-refractivity contribution in [1.82, 2.24) is 0 Å². The van der Waals surface area contributed by atoms with Gasteiger partial charge in [-0.3, -0.25) is 37.1 Å². The number of benzene rings is 2. The minimum absolute atomic E-state index is 0.272. The molecule has 0 amide bonds. The zero-order valence-corrected chi connectivity index (χ0v) is 35.8. The SMILES string of the molecule is CC(=O)O[C@@H]1O[C@H](COS(=O)(=O)c2ccc(C)cc2)[C@@H](O[C@H]2O[C@H](COS(=O)(=O)c3ccc(C)cc3)[C@@H](OC(C)=O)[C@H](OC(C)=O)[C@H]2OC(C)=O)[C@H](OC(C)=O)[C@H]1OC(C)=O. The fourth-order valence-corrected chi connectivity index (χ4v) is 8.03. The molecule has 0 aromatic heterocycles. The Morgan fingerprint density at radius 1 is 0.443 bits per heavy atom. The van der Waals surface area contributed by atoms with E-state index in [1.54, 1.807) is 13.8 Å². The second kappa shape index (κ2) is 20.7. The maximum absolute atomic E-state index is 13.4. The van der Waals surface area contributed by atoms with Gasteiger partial charge >= 0.3 is 35.8 Å². The van der Waals surface area contributed by atoms with Gasteiger partial charge in [0.05, 0.1) is 23.0 Å². The van der Waals surface area contributed by atoms with Crippen LogP contribution in [0, 0.1) is 13.8 Å². The van der Waals surface area contributed by atoms with Crippen molar-refractivity contribution >= 4 is 56.1 Å². The van der Waals surface area contributed by atoms with Gasteiger partial charge in [0.15, 0.2) is 30.7 Å². The van der Waals surface area contributed by atoms with Crippen molar-refractivity contribution in [2.24, 2.45) is 0 Å². The predicted octanol–water partition coefficient (Wildman–Crippen LogP) is 1.47. The van der Waals surface area contributed by atoms with Gasteiger partial charge in [0.25, 0.3) is 20.2 Å². The molecule has 2 saturated heterocycles. The molecule has 0 N–H and O–H groups in total. The van der Waals surface area contributed by atoms with Gasteiger partial charge in [-0.15, -0.1) is 0 Å². The number of carbonyl (C=O) groups excluding carboxylic acids is 6. The lowest BCUT2D eigenvalue weighted by Gasteiger charge is -2.48. The summed E-state index contributed by atoms with van der Waals surface area (Å²) in [4.78, 5) is 74.4. The number of hydrogen-bond donors (Lipinski definition) is 0. The number of esters is 6. The van der Waals surface area contributed by atoms with Gasteiger partial charge in [-0.2, -0.15) is 16.8 Å². The van der Waals surface area contributed by atoms with Crippen LogP contribution in [-0.4, -0.2) is 127 Å². The van der Waals surface area contributed by atoms with E-state index in [1.807, 2.05) is 0 Å². The van der Waals surface area contributed by atoms with Gasteiger partial charge in [-0.1, -0.05) is 35.4 Å². The van der Waals surface area contributed by atoms with Gasteiger partial charge in [-0.05, 0) is 38.1 Å². The topological polar surface area (TPSA) is 272 Å². The van der Waals surface area contributed by atoms with Crippen LogP contribution >= 0.6 is 0 Å². The van der Waals surface area contributed by atoms with Crippen LogP contribution in [0.4, 0.5) is 0 Å². The molecule has 21 nitrogen and oxygen atoms in total. The van der Waals surface area contributed by atoms with Crippen LogP contribution in [0.1, 0.15) is 52.7 Å². The van der Waals surface area contributed by atoms with Crippen LogP contribution in [-0.2, 0) is 100 Å². The van der Waals surface area contributed by atoms with Crippen molar-refractivity contribution in [3.8, 4) is 0 Å². The molecule has 2 aromatic carbocycles. The average Bonchev–Trinajstić information content (AvgIpc) is 3.14. The number of aryl methyl sites for hydroxylation is 2. The van der Waals surface area contributed by atoms with Crippen molar-refractivity contribution in [2.45, 2.75) is 127 Å². The molecule has 336 valence electrons. The lowest BCUT2D eigenvalue weighted by atomic mass is 9.96. The minimum Gasteiger partial charge on any atom is -0.456 e. The Labute approximate surface area is 351 Å². The summed E-state index contributed by atoms with van der Waals surface area (Å²) in [6.45, 7) is 7.26. The standard InChI is InChI=1S/C38H46O21S2/c1-19-9-13-27(14-10-19)60(45,46)49-17-29-31(51-21(3)39)33(52-22(4)40)36(55-25(7)43)38(58-29)59-32-30(18-50-61(47,48)28-15-11-20(2)12-16-28)57-37(56-26(8)44)35(54-24(6)42)34(32)53-23(5)41/h9-16,29-38H,17-18H2,1-8H3/t29-,30-,31-,32-,33+,34+,35-,36-,37-,38-/m1/s1. The quantitative estimate of drug-likeness (QED) is 0.131. The number of rotatable bonds is 16. The summed E-state index contributed by atoms with van der Waals surface area (Å²) in [7, 11) is -9.14. The van der Waals surface area contributed by atoms with E-state index >= 15 is 0 Å². The zero-order chi connectivity index (χ0) is 45.4. The fourth-order valence-electron chi connectivity index (χ4n) is 6.19. The molecule has 0 radical (unpaired) electrons. The molecule has 0 spiro atoms. The first-order valence-electron chi connectivity index (χ1n) is 18.4. The second-order valence-corrected chi connectivity index (χ2v) is 17.0. The monoisotopic (exact) mass is 902 g/mol. The lowest BCUT2D eigenvalue weighted by Crippen LogP contribution is -2.67. The van der Waals surface area contributed by atoms with Gasteiger partial charge in [0, 0.05) is 41.5 Å². The van der Waals surface area contributed by atoms with E-state index in [4.69, 9.17) is 51.0 Å². The molecule has 0 unspecified atom stereocenters. The maximum Gasteiger partial charge on any atom is 0.305 e. The van der Waals surface area contributed by atoms with Crippen molar-refractivity contribution in [3.63, 3.8) is 0 Å². The summed E-state index contributed by atoms with van der Waals surface area (Å²) in [5, 5.41) is 0. The molecule has 10 atom stereocenters. The van der Waals surface area contributed by atoms with E-state index in [0.717, 1.165) is 52.7 Å². The predicted molar refractivity (Wildman–Crippen MR) is 200 cm³/mol. The first-order chi connectivity index (χ1) is 28.5. The van der Waals surface area contributed by atoms with E-state index in [9.17, 15) is 45.6 Å². The van der Waals surface area contributed by atoms with Crippen LogP contribution in [0.3, 0.4) is 0 Å². The Hall–Kier alpha value is -5.04. The molecule has 23 heteroatoms. The van der Waals surface area contributed by atoms with Gasteiger partial charge in [0.2, 0.25) is 12.4 Å². The van der Waals surface area contributed by atoms with Gasteiger partial charge < -0.3 is 42.6 Å². The largest absolute Gasteiger partial charge is 0.456 e. The summed E-state index contributed by atoms with van der Waals surface area (Å²) < 4.78 is 115. The Bertz CT molecular complexity index is 2140. The van der Waals surface area contributed by atoms with Crippen LogP contribution in [0.15, 0.2) is 58.3 Å². The molecule has 2 aromatic rings. The molecule has 2 aliphatic heterocycles. The highest BCUT2D eigenvalue weighted by molar-refractivity contribution is 7.87. The smallest absolute Gasteiger partial charge is 0.305 e. The second-order valence-electron chi connectivity index (χ2n) is 13.8. The zero-order valence-electron chi connectivity index (χ0n) is 34.2. The minimum atomic E-state index is -4.59. The normalized spacial score (nSPS) is 26.6. The lowest BCUT2D eigenvalue weighted by molar-refractivity contribution is -0.356. The molecule has 0 saturated carbocycles. The van der Waals surface area contributed by atoms with E-state index < -0.39 is 131 Å². The van der Waals surface area contributed by atoms with E-state index in [0.29, 0.717) is 0 Å². The van der Waals surface area contributed by atoms with E-state index in [1.165, 1.54) is 48.5 Å². The molecule has 0 bridgehead atoms. The summed E-state index contributed by atoms with van der Waals surface area (Å²) in [6, 6.07) is 11.1. The summed E-state index contributed by atoms with van der Waals surface area (Å²) in [5.41, 5.74) is 1.46. The average molecular weight is 903 g/mol. The van der Waals surface area contributed by atoms with Crippen molar-refractivity contribution in [3.05, 3.63) is 59.7 Å². The highest BCUT2D eigenvalue weighted by atomic mass is 32.2. The first kappa shape index (κ1) is 48.6. The molecule has 4 rings (SSSR count). The van der Waals surface area contributed by atoms with Gasteiger partial charge in [0.1, 0.15) is 18.3 Å². The number of hydrogen-bond acceptors (Lipinski definition) is 21. The van der Waals surface area contributed by atoms with E-state index in [2.05, 4.69) is 0 Å². The Kier molecular flexibility index (Phi) is 16.5. The Balaban J connectivity index is 1.86. The van der Waals surface area contributed by atoms with Crippen LogP contribution < -0.4 is 0 Å². The first-order valence-corrected chi connectivity index (χ1v) is 21.2. The molecule has 2 fully saturated rings. The molecular formula is C38H46O21S2. The van der Waals surface area contributed by atoms with Crippen LogP contribution in [0.2, 0.25) is 0 Å². The number of carbonyl (C=O) groups is 6. The third-order valence-corrected chi connectivity index (χ3v) is 11.3. The third-order valence-electron chi connectivity index (χ3n) is 8.66. The summed E-state index contributed by atoms with van der Waals surface area (Å²) in [6.07, 6.45) is -18.6. The van der Waals surface area contributed by atoms with E-state index in [-0.39, 0.29) is 9.79 Å². The molecule has 61 heavy (non-hydrogen) atoms. The maximum atomic E-state index is 13.4. The van der Waals surface area contributed by atoms with Crippen molar-refractivity contribution in [2.75, 3.05) is 13.2 Å². The highest BCUT2D eigenvalue weighted by Gasteiger charge is 2.58. The van der Waals surface area contributed by atoms with Gasteiger partial charge in [-0.25, -0.2) is 0 Å². The number of ether oxygens (including phenoxy) is 9. The fraction of sp³-hybridized carbons (Fsp3) is 0.526. The molecular weight excluding hydrogens is 857 g/mol. The Morgan fingerprint density at radius 3 is 1.15 bits per heavy atom. The van der Waals surface area contributed by atoms with Crippen LogP contribution in [0.25, 0.3) is 0 Å². The van der Waals surface area contributed by atoms with Crippen molar-refractivity contribution < 1.29 is 96.6 Å². The highest BCUT2D eigenvalue weighted by Crippen LogP contribution is 2.36. The summed E-state index contributed by atoms with van der Waals surface area (Å²) in [5.74, 6) is -6.06. The third kappa shape index (κ3) is 13.5. The molecule has 0 aliphatic carbocycles. The van der Waals surface area contributed by atoms with Crippen LogP contribution in [0.5, 0.6) is 0 Å².